The van der Waals surface area contributed by atoms with Crippen LogP contribution in [0.4, 0.5) is 4.79 Å². The molecule has 0 aromatic heterocycles. The molecular weight excluding hydrogens is 470 g/mol. The van der Waals surface area contributed by atoms with Crippen LogP contribution in [0.25, 0.3) is 0 Å². The van der Waals surface area contributed by atoms with E-state index >= 15 is 0 Å². The van der Waals surface area contributed by atoms with Crippen LogP contribution in [-0.4, -0.2) is 77.7 Å². The predicted molar refractivity (Wildman–Crippen MR) is 129 cm³/mol. The van der Waals surface area contributed by atoms with E-state index in [0.29, 0.717) is 0 Å². The highest BCUT2D eigenvalue weighted by molar-refractivity contribution is 6.03. The first kappa shape index (κ1) is 28.6. The number of carbonyl (C=O) groups is 5. The molecule has 1 aliphatic heterocycles. The molecule has 0 aliphatic carbocycles. The lowest BCUT2D eigenvalue weighted by Gasteiger charge is -2.24. The van der Waals surface area contributed by atoms with Crippen molar-refractivity contribution in [1.82, 2.24) is 15.5 Å². The Balaban J connectivity index is 2.14. The maximum Gasteiger partial charge on any atom is 0.408 e. The van der Waals surface area contributed by atoms with E-state index in [1.54, 1.807) is 58.9 Å². The van der Waals surface area contributed by atoms with Gasteiger partial charge in [0.2, 0.25) is 11.8 Å². The Morgan fingerprint density at radius 1 is 0.917 bits per heavy atom. The highest BCUT2D eigenvalue weighted by Gasteiger charge is 2.62. The third-order valence-corrected chi connectivity index (χ3v) is 5.14. The smallest absolute Gasteiger partial charge is 0.408 e. The number of nitrogens with one attached hydrogen (secondary N) is 2. The Bertz CT molecular complexity index is 936. The maximum atomic E-state index is 13.1. The van der Waals surface area contributed by atoms with Gasteiger partial charge in [0.15, 0.2) is 12.1 Å². The summed E-state index contributed by atoms with van der Waals surface area (Å²) in [6.07, 6.45) is -0.638. The molecule has 36 heavy (non-hydrogen) atoms. The minimum atomic E-state index is -1.11. The van der Waals surface area contributed by atoms with Gasteiger partial charge in [-0.3, -0.25) is 9.59 Å². The van der Waals surface area contributed by atoms with Gasteiger partial charge in [0.25, 0.3) is 0 Å². The van der Waals surface area contributed by atoms with Crippen molar-refractivity contribution in [2.75, 3.05) is 13.2 Å². The summed E-state index contributed by atoms with van der Waals surface area (Å²) in [5, 5.41) is 5.12. The van der Waals surface area contributed by atoms with Crippen molar-refractivity contribution in [1.29, 1.82) is 0 Å². The first-order valence-electron chi connectivity index (χ1n) is 11.9. The van der Waals surface area contributed by atoms with Gasteiger partial charge in [0, 0.05) is 6.42 Å². The van der Waals surface area contributed by atoms with Crippen molar-refractivity contribution < 1.29 is 38.2 Å². The molecule has 0 bridgehead atoms. The molecular formula is C25H35N3O8. The number of amides is 3. The lowest BCUT2D eigenvalue weighted by atomic mass is 10.0. The lowest BCUT2D eigenvalue weighted by molar-refractivity contribution is -0.147. The highest BCUT2D eigenvalue weighted by Crippen LogP contribution is 2.31. The van der Waals surface area contributed by atoms with Crippen LogP contribution in [0.5, 0.6) is 0 Å². The van der Waals surface area contributed by atoms with E-state index in [9.17, 15) is 24.0 Å². The third kappa shape index (κ3) is 7.96. The van der Waals surface area contributed by atoms with Gasteiger partial charge in [-0.25, -0.2) is 14.4 Å². The fraction of sp³-hybridized carbons (Fsp3) is 0.560. The van der Waals surface area contributed by atoms with Gasteiger partial charge < -0.3 is 29.7 Å². The summed E-state index contributed by atoms with van der Waals surface area (Å²) in [5.41, 5.74) is 0.00768. The zero-order valence-electron chi connectivity index (χ0n) is 21.5. The summed E-state index contributed by atoms with van der Waals surface area (Å²) >= 11 is 0. The van der Waals surface area contributed by atoms with Crippen LogP contribution in [0, 0.1) is 0 Å². The van der Waals surface area contributed by atoms with Crippen LogP contribution in [0.2, 0.25) is 0 Å². The zero-order valence-corrected chi connectivity index (χ0v) is 21.5. The van der Waals surface area contributed by atoms with E-state index in [0.717, 1.165) is 10.5 Å². The molecule has 0 saturated carbocycles. The molecule has 11 heteroatoms. The van der Waals surface area contributed by atoms with Crippen LogP contribution in [-0.2, 0) is 39.8 Å². The minimum absolute atomic E-state index is 0.0801. The molecule has 2 N–H and O–H groups in total. The summed E-state index contributed by atoms with van der Waals surface area (Å²) in [5.74, 6) is -2.74. The average molecular weight is 506 g/mol. The fourth-order valence-electron chi connectivity index (χ4n) is 3.55. The SMILES string of the molecule is CCOC(=O)[C@@H]1[C@@H](C(=O)OCC)N1C(=O)[C@H](C)NC(=O)[C@H](Cc1ccccc1)NC(=O)OC(C)(C)C. The van der Waals surface area contributed by atoms with E-state index in [2.05, 4.69) is 10.6 Å². The number of esters is 2. The van der Waals surface area contributed by atoms with Crippen molar-refractivity contribution in [3.63, 3.8) is 0 Å². The largest absolute Gasteiger partial charge is 0.464 e. The summed E-state index contributed by atoms with van der Waals surface area (Å²) in [4.78, 5) is 64.1. The number of hydrogen-bond donors (Lipinski definition) is 2. The van der Waals surface area contributed by atoms with Crippen molar-refractivity contribution >= 4 is 29.8 Å². The van der Waals surface area contributed by atoms with Crippen molar-refractivity contribution in [2.24, 2.45) is 0 Å². The zero-order chi connectivity index (χ0) is 27.0. The van der Waals surface area contributed by atoms with E-state index in [1.165, 1.54) is 6.92 Å². The van der Waals surface area contributed by atoms with E-state index in [-0.39, 0.29) is 19.6 Å². The number of carbonyl (C=O) groups excluding carboxylic acids is 5. The summed E-state index contributed by atoms with van der Waals surface area (Å²) in [6.45, 7) is 9.90. The molecule has 1 saturated heterocycles. The monoisotopic (exact) mass is 505 g/mol. The van der Waals surface area contributed by atoms with Crippen LogP contribution < -0.4 is 10.6 Å². The molecule has 0 spiro atoms. The number of ether oxygens (including phenoxy) is 3. The fourth-order valence-corrected chi connectivity index (χ4v) is 3.55. The predicted octanol–water partition coefficient (Wildman–Crippen LogP) is 1.33. The number of rotatable bonds is 10. The molecule has 4 atom stereocenters. The summed E-state index contributed by atoms with van der Waals surface area (Å²) < 4.78 is 15.2. The third-order valence-electron chi connectivity index (χ3n) is 5.14. The van der Waals surface area contributed by atoms with Crippen LogP contribution in [0.15, 0.2) is 30.3 Å². The molecule has 198 valence electrons. The van der Waals surface area contributed by atoms with Gasteiger partial charge in [-0.15, -0.1) is 0 Å². The molecule has 1 aromatic rings. The van der Waals surface area contributed by atoms with Gasteiger partial charge in [0.1, 0.15) is 17.7 Å². The van der Waals surface area contributed by atoms with E-state index < -0.39 is 59.6 Å². The Labute approximate surface area is 210 Å². The van der Waals surface area contributed by atoms with Crippen molar-refractivity contribution in [3.05, 3.63) is 35.9 Å². The van der Waals surface area contributed by atoms with Gasteiger partial charge in [-0.05, 0) is 47.1 Å². The first-order chi connectivity index (χ1) is 16.9. The topological polar surface area (TPSA) is 140 Å². The van der Waals surface area contributed by atoms with Crippen LogP contribution in [0.1, 0.15) is 47.1 Å². The van der Waals surface area contributed by atoms with Crippen LogP contribution >= 0.6 is 0 Å². The van der Waals surface area contributed by atoms with Crippen LogP contribution in [0.3, 0.4) is 0 Å². The summed E-state index contributed by atoms with van der Waals surface area (Å²) in [7, 11) is 0. The van der Waals surface area contributed by atoms with Crippen molar-refractivity contribution in [3.8, 4) is 0 Å². The normalized spacial score (nSPS) is 18.3. The van der Waals surface area contributed by atoms with Crippen molar-refractivity contribution in [2.45, 2.75) is 77.7 Å². The molecule has 1 aromatic carbocycles. The second kappa shape index (κ2) is 12.4. The second-order valence-electron chi connectivity index (χ2n) is 9.26. The lowest BCUT2D eigenvalue weighted by Crippen LogP contribution is -2.53. The highest BCUT2D eigenvalue weighted by atomic mass is 16.6. The minimum Gasteiger partial charge on any atom is -0.464 e. The Hall–Kier alpha value is -3.63. The molecule has 11 nitrogen and oxygen atoms in total. The standard InChI is InChI=1S/C25H35N3O8/c1-7-34-22(31)18-19(23(32)35-8-2)28(18)21(30)15(3)26-20(29)17(14-16-12-10-9-11-13-16)27-24(33)36-25(4,5)6/h9-13,15,17-19H,7-8,14H2,1-6H3,(H,26,29)(H,27,33)/t15-,17-,18-,19-/m0/s1. The number of nitrogens with zero attached hydrogens (tertiary/aromatic N) is 1. The van der Waals surface area contributed by atoms with Gasteiger partial charge in [0.05, 0.1) is 13.2 Å². The maximum absolute atomic E-state index is 13.1. The molecule has 1 heterocycles. The quantitative estimate of drug-likeness (QED) is 0.276. The second-order valence-corrected chi connectivity index (χ2v) is 9.26. The van der Waals surface area contributed by atoms with Gasteiger partial charge in [-0.1, -0.05) is 30.3 Å². The Morgan fingerprint density at radius 2 is 1.44 bits per heavy atom. The van der Waals surface area contributed by atoms with E-state index in [4.69, 9.17) is 14.2 Å². The molecule has 2 rings (SSSR count). The number of alkyl carbamates (subject to hydrolysis) is 1. The molecule has 0 radical (unpaired) electrons. The molecule has 0 unspecified atom stereocenters. The number of benzene rings is 1. The Kier molecular flexibility index (Phi) is 9.83. The molecule has 1 fully saturated rings. The molecule has 3 amide bonds. The Morgan fingerprint density at radius 3 is 1.92 bits per heavy atom. The number of hydrogen-bond acceptors (Lipinski definition) is 8. The average Bonchev–Trinajstić information content (AvgIpc) is 3.54. The molecule has 1 aliphatic rings. The summed E-state index contributed by atoms with van der Waals surface area (Å²) in [6, 6.07) is 4.65. The van der Waals surface area contributed by atoms with Gasteiger partial charge >= 0.3 is 18.0 Å². The first-order valence-corrected chi connectivity index (χ1v) is 11.9. The van der Waals surface area contributed by atoms with E-state index in [1.807, 2.05) is 6.07 Å². The van der Waals surface area contributed by atoms with Gasteiger partial charge in [-0.2, -0.15) is 0 Å².